The van der Waals surface area contributed by atoms with E-state index in [-0.39, 0.29) is 26.3 Å². The largest absolute Gasteiger partial charge is 0.439 e. The molecule has 2 heterocycles. The maximum atomic E-state index is 11.2. The molecule has 0 saturated heterocycles. The van der Waals surface area contributed by atoms with E-state index in [0.717, 1.165) is 22.2 Å². The first kappa shape index (κ1) is 30.1. The number of hydrogen-bond acceptors (Lipinski definition) is 7. The minimum atomic E-state index is -2.39. The molecule has 5 rings (SSSR count). The average Bonchev–Trinajstić information content (AvgIpc) is 3.49. The van der Waals surface area contributed by atoms with Gasteiger partial charge in [-0.1, -0.05) is 54.9 Å². The Hall–Kier alpha value is -3.36. The lowest BCUT2D eigenvalue weighted by Crippen LogP contribution is -2.37. The number of aromatic nitrogens is 1. The van der Waals surface area contributed by atoms with E-state index in [1.54, 1.807) is 18.2 Å². The monoisotopic (exact) mass is 631 g/mol. The molecule has 2 atom stereocenters. The van der Waals surface area contributed by atoms with Crippen LogP contribution >= 0.6 is 11.6 Å². The van der Waals surface area contributed by atoms with Gasteiger partial charge < -0.3 is 14.1 Å². The number of nitrogens with zero attached hydrogens (tertiary/aromatic N) is 2. The van der Waals surface area contributed by atoms with Gasteiger partial charge in [-0.15, -0.1) is 0 Å². The van der Waals surface area contributed by atoms with Crippen LogP contribution in [-0.2, 0) is 37.6 Å². The predicted octanol–water partition coefficient (Wildman–Crippen LogP) is 5.88. The van der Waals surface area contributed by atoms with Crippen LogP contribution in [0.15, 0.2) is 88.7 Å². The SMILES string of the molecule is CCC(/C=C1\Oc2ccc(Cl)cc2N1CCOS(=O)O)=C\c1oc2ccc(-c3ccccc3)cc2[n+]1CCOS(=O)O. The molecule has 0 fully saturated rings. The number of halogens is 1. The van der Waals surface area contributed by atoms with Crippen LogP contribution in [0, 0.1) is 0 Å². The van der Waals surface area contributed by atoms with Gasteiger partial charge in [0.15, 0.2) is 12.3 Å². The zero-order valence-electron chi connectivity index (χ0n) is 22.5. The van der Waals surface area contributed by atoms with Gasteiger partial charge in [-0.05, 0) is 47.4 Å². The van der Waals surface area contributed by atoms with Crippen molar-refractivity contribution in [3.63, 3.8) is 0 Å². The summed E-state index contributed by atoms with van der Waals surface area (Å²) in [5, 5.41) is 0.519. The summed E-state index contributed by atoms with van der Waals surface area (Å²) in [5.41, 5.74) is 5.04. The molecule has 4 aromatic rings. The third kappa shape index (κ3) is 7.16. The number of ether oxygens (including phenoxy) is 1. The zero-order chi connectivity index (χ0) is 29.6. The number of hydrogen-bond donors (Lipinski definition) is 2. The second kappa shape index (κ2) is 13.7. The molecular formula is C29H28ClN2O8S2+. The van der Waals surface area contributed by atoms with Crippen LogP contribution in [0.25, 0.3) is 28.3 Å². The van der Waals surface area contributed by atoms with Crippen LogP contribution in [0.3, 0.4) is 0 Å². The van der Waals surface area contributed by atoms with Crippen molar-refractivity contribution >= 4 is 57.2 Å². The van der Waals surface area contributed by atoms with Gasteiger partial charge in [0.2, 0.25) is 11.5 Å². The van der Waals surface area contributed by atoms with Crippen molar-refractivity contribution in [3.05, 3.63) is 95.2 Å². The van der Waals surface area contributed by atoms with E-state index in [1.165, 1.54) is 0 Å². The summed E-state index contributed by atoms with van der Waals surface area (Å²) >= 11 is 1.45. The van der Waals surface area contributed by atoms with E-state index >= 15 is 0 Å². The summed E-state index contributed by atoms with van der Waals surface area (Å²) in [4.78, 5) is 1.82. The average molecular weight is 632 g/mol. The number of fused-ring (bicyclic) bond motifs is 2. The quantitative estimate of drug-likeness (QED) is 0.146. The molecule has 1 aromatic heterocycles. The van der Waals surface area contributed by atoms with E-state index in [2.05, 4.69) is 0 Å². The Kier molecular flexibility index (Phi) is 9.85. The molecule has 1 aliphatic rings. The summed E-state index contributed by atoms with van der Waals surface area (Å²) in [6, 6.07) is 21.1. The summed E-state index contributed by atoms with van der Waals surface area (Å²) in [7, 11) is 0. The molecule has 2 unspecified atom stereocenters. The van der Waals surface area contributed by atoms with Gasteiger partial charge >= 0.3 is 28.6 Å². The lowest BCUT2D eigenvalue weighted by Gasteiger charge is -2.18. The fourth-order valence-corrected chi connectivity index (χ4v) is 5.22. The zero-order valence-corrected chi connectivity index (χ0v) is 24.9. The number of allylic oxidation sites excluding steroid dienone is 2. The van der Waals surface area contributed by atoms with Gasteiger partial charge in [0, 0.05) is 17.2 Å². The maximum Gasteiger partial charge on any atom is 0.374 e. The number of rotatable bonds is 12. The molecule has 2 N–H and O–H groups in total. The molecule has 0 aliphatic carbocycles. The Morgan fingerprint density at radius 3 is 2.50 bits per heavy atom. The summed E-state index contributed by atoms with van der Waals surface area (Å²) in [5.74, 6) is 1.59. The van der Waals surface area contributed by atoms with Crippen LogP contribution in [-0.4, -0.2) is 37.3 Å². The Morgan fingerprint density at radius 1 is 1.00 bits per heavy atom. The Balaban J connectivity index is 1.53. The lowest BCUT2D eigenvalue weighted by atomic mass is 10.1. The highest BCUT2D eigenvalue weighted by atomic mass is 35.5. The third-order valence-electron chi connectivity index (χ3n) is 6.55. The smallest absolute Gasteiger partial charge is 0.374 e. The highest BCUT2D eigenvalue weighted by Gasteiger charge is 2.28. The van der Waals surface area contributed by atoms with Gasteiger partial charge in [-0.2, -0.15) is 13.0 Å². The first-order chi connectivity index (χ1) is 20.3. The molecule has 10 nitrogen and oxygen atoms in total. The topological polar surface area (TPSA) is 123 Å². The minimum Gasteiger partial charge on any atom is -0.439 e. The molecule has 0 radical (unpaired) electrons. The summed E-state index contributed by atoms with van der Waals surface area (Å²) in [6.07, 6.45) is 4.34. The number of anilines is 1. The van der Waals surface area contributed by atoms with Crippen molar-refractivity contribution in [2.24, 2.45) is 0 Å². The van der Waals surface area contributed by atoms with Gasteiger partial charge in [-0.3, -0.25) is 17.5 Å². The first-order valence-corrected chi connectivity index (χ1v) is 15.4. The molecule has 13 heteroatoms. The molecular weight excluding hydrogens is 604 g/mol. The molecule has 0 spiro atoms. The maximum absolute atomic E-state index is 11.2. The molecule has 0 saturated carbocycles. The first-order valence-electron chi connectivity index (χ1n) is 13.0. The lowest BCUT2D eigenvalue weighted by molar-refractivity contribution is -0.678. The second-order valence-electron chi connectivity index (χ2n) is 9.14. The van der Waals surface area contributed by atoms with Crippen molar-refractivity contribution < 1.29 is 39.6 Å². The number of benzene rings is 3. The Bertz CT molecular complexity index is 1690. The van der Waals surface area contributed by atoms with Gasteiger partial charge in [-0.25, -0.2) is 0 Å². The fourth-order valence-electron chi connectivity index (χ4n) is 4.62. The van der Waals surface area contributed by atoms with Gasteiger partial charge in [0.1, 0.15) is 6.61 Å². The molecule has 220 valence electrons. The minimum absolute atomic E-state index is 0.0133. The fraction of sp³-hybridized carbons (Fsp3) is 0.207. The highest BCUT2D eigenvalue weighted by Crippen LogP contribution is 2.41. The van der Waals surface area contributed by atoms with E-state index in [4.69, 9.17) is 38.2 Å². The Labute approximate surface area is 252 Å². The molecule has 0 amide bonds. The van der Waals surface area contributed by atoms with Crippen molar-refractivity contribution in [1.82, 2.24) is 0 Å². The molecule has 1 aliphatic heterocycles. The molecule has 0 bridgehead atoms. The standard InChI is InChI=1S/C29H27ClN2O8S2/c1-2-20(17-29-32(13-15-38-42(35)36)25-19-23(30)9-11-27(25)40-29)16-28-31(12-14-37-41(33)34)24-18-22(8-10-26(24)39-28)21-6-4-3-5-7-21/h3-11,16-19H,2,12-15H2,1H3,(H-,33,34,35,36)/p+1. The molecule has 3 aromatic carbocycles. The van der Waals surface area contributed by atoms with E-state index < -0.39 is 22.7 Å². The van der Waals surface area contributed by atoms with Crippen LogP contribution in [0.1, 0.15) is 19.2 Å². The Morgan fingerprint density at radius 2 is 1.76 bits per heavy atom. The van der Waals surface area contributed by atoms with Crippen molar-refractivity contribution in [3.8, 4) is 16.9 Å². The highest BCUT2D eigenvalue weighted by molar-refractivity contribution is 7.74. The molecule has 42 heavy (non-hydrogen) atoms. The third-order valence-corrected chi connectivity index (χ3v) is 7.53. The van der Waals surface area contributed by atoms with Gasteiger partial charge in [0.05, 0.1) is 24.9 Å². The van der Waals surface area contributed by atoms with Crippen molar-refractivity contribution in [1.29, 1.82) is 0 Å². The summed E-state index contributed by atoms with van der Waals surface area (Å²) in [6.45, 7) is 2.45. The van der Waals surface area contributed by atoms with Crippen LogP contribution in [0.4, 0.5) is 5.69 Å². The van der Waals surface area contributed by atoms with Crippen molar-refractivity contribution in [2.45, 2.75) is 19.9 Å². The second-order valence-corrected chi connectivity index (χ2v) is 10.9. The predicted molar refractivity (Wildman–Crippen MR) is 161 cm³/mol. The number of oxazole rings is 1. The van der Waals surface area contributed by atoms with Crippen LogP contribution < -0.4 is 14.2 Å². The van der Waals surface area contributed by atoms with Gasteiger partial charge in [0.25, 0.3) is 5.52 Å². The van der Waals surface area contributed by atoms with E-state index in [1.807, 2.05) is 77.1 Å². The van der Waals surface area contributed by atoms with Crippen LogP contribution in [0.5, 0.6) is 5.75 Å². The van der Waals surface area contributed by atoms with E-state index in [9.17, 15) is 8.42 Å². The van der Waals surface area contributed by atoms with Crippen molar-refractivity contribution in [2.75, 3.05) is 24.7 Å². The normalized spacial score (nSPS) is 15.7. The van der Waals surface area contributed by atoms with Crippen LogP contribution in [0.2, 0.25) is 5.02 Å². The van der Waals surface area contributed by atoms with E-state index in [0.29, 0.717) is 40.2 Å². The summed E-state index contributed by atoms with van der Waals surface area (Å²) < 4.78 is 64.4.